The minimum Gasteiger partial charge on any atom is -0.339 e. The van der Waals surface area contributed by atoms with E-state index in [2.05, 4.69) is 10.3 Å². The van der Waals surface area contributed by atoms with E-state index < -0.39 is 23.7 Å². The summed E-state index contributed by atoms with van der Waals surface area (Å²) in [4.78, 5) is 58.5. The Kier molecular flexibility index (Phi) is 7.04. The van der Waals surface area contributed by atoms with Gasteiger partial charge in [0.05, 0.1) is 10.9 Å². The molecule has 0 aliphatic rings. The maximum atomic E-state index is 13.5. The smallest absolute Gasteiger partial charge is 0.332 e. The van der Waals surface area contributed by atoms with Crippen molar-refractivity contribution in [3.8, 4) is 0 Å². The topological polar surface area (TPSA) is 106 Å². The Balaban J connectivity index is 2.14. The number of carbonyl (C=O) groups excluding carboxylic acids is 2. The van der Waals surface area contributed by atoms with Crippen LogP contribution in [0.4, 0.5) is 5.69 Å². The number of anilines is 1. The van der Waals surface area contributed by atoms with Gasteiger partial charge in [0.2, 0.25) is 5.91 Å². The van der Waals surface area contributed by atoms with E-state index in [1.165, 1.54) is 11.6 Å². The molecule has 2 heterocycles. The molecule has 3 aromatic rings. The van der Waals surface area contributed by atoms with Crippen molar-refractivity contribution in [1.82, 2.24) is 19.0 Å². The number of fused-ring (bicyclic) bond motifs is 1. The molecule has 0 aliphatic carbocycles. The summed E-state index contributed by atoms with van der Waals surface area (Å²) in [7, 11) is 1.48. The number of aromatic nitrogens is 3. The third-order valence-electron chi connectivity index (χ3n) is 5.95. The van der Waals surface area contributed by atoms with E-state index in [1.807, 2.05) is 46.8 Å². The number of aryl methyl sites for hydroxylation is 5. The molecule has 180 valence electrons. The van der Waals surface area contributed by atoms with Crippen molar-refractivity contribution in [1.29, 1.82) is 0 Å². The van der Waals surface area contributed by atoms with E-state index >= 15 is 0 Å². The molecule has 0 bridgehead atoms. The van der Waals surface area contributed by atoms with Crippen molar-refractivity contribution in [2.45, 2.75) is 48.1 Å². The summed E-state index contributed by atoms with van der Waals surface area (Å²) in [6.45, 7) is 11.6. The third kappa shape index (κ3) is 4.50. The normalized spacial score (nSPS) is 11.0. The number of pyridine rings is 1. The molecule has 1 N–H and O–H groups in total. The van der Waals surface area contributed by atoms with Gasteiger partial charge in [-0.25, -0.2) is 9.78 Å². The fourth-order valence-electron chi connectivity index (χ4n) is 4.29. The van der Waals surface area contributed by atoms with E-state index in [9.17, 15) is 19.2 Å². The van der Waals surface area contributed by atoms with E-state index in [4.69, 9.17) is 0 Å². The highest BCUT2D eigenvalue weighted by molar-refractivity contribution is 6.05. The van der Waals surface area contributed by atoms with Gasteiger partial charge < -0.3 is 10.2 Å². The largest absolute Gasteiger partial charge is 0.339 e. The van der Waals surface area contributed by atoms with Crippen LogP contribution in [0.3, 0.4) is 0 Å². The van der Waals surface area contributed by atoms with Crippen molar-refractivity contribution in [3.05, 3.63) is 67.0 Å². The van der Waals surface area contributed by atoms with Crippen molar-refractivity contribution in [2.24, 2.45) is 7.05 Å². The number of benzene rings is 1. The SMILES string of the molecule is CCN(CC)C(=O)c1cc(C)nc2c1c(=O)n(CC(=O)Nc1c(C)cc(C)cc1C)c(=O)n2C. The van der Waals surface area contributed by atoms with Gasteiger partial charge >= 0.3 is 5.69 Å². The summed E-state index contributed by atoms with van der Waals surface area (Å²) >= 11 is 0. The van der Waals surface area contributed by atoms with E-state index in [1.54, 1.807) is 17.9 Å². The first kappa shape index (κ1) is 24.9. The summed E-state index contributed by atoms with van der Waals surface area (Å²) in [6.07, 6.45) is 0. The Bertz CT molecular complexity index is 1390. The molecular weight excluding hydrogens is 434 g/mol. The van der Waals surface area contributed by atoms with Crippen molar-refractivity contribution >= 4 is 28.5 Å². The van der Waals surface area contributed by atoms with Crippen LogP contribution in [-0.2, 0) is 18.4 Å². The van der Waals surface area contributed by atoms with Crippen LogP contribution in [0.25, 0.3) is 11.0 Å². The molecule has 0 unspecified atom stereocenters. The highest BCUT2D eigenvalue weighted by Gasteiger charge is 2.23. The summed E-state index contributed by atoms with van der Waals surface area (Å²) < 4.78 is 2.06. The Morgan fingerprint density at radius 3 is 2.15 bits per heavy atom. The lowest BCUT2D eigenvalue weighted by Gasteiger charge is -2.20. The van der Waals surface area contributed by atoms with Gasteiger partial charge in [0, 0.05) is 31.5 Å². The Hall–Kier alpha value is -3.75. The zero-order valence-corrected chi connectivity index (χ0v) is 20.8. The van der Waals surface area contributed by atoms with Crippen LogP contribution >= 0.6 is 0 Å². The summed E-state index contributed by atoms with van der Waals surface area (Å²) in [5, 5.41) is 2.85. The quantitative estimate of drug-likeness (QED) is 0.602. The number of hydrogen-bond donors (Lipinski definition) is 1. The first-order valence-electron chi connectivity index (χ1n) is 11.3. The Morgan fingerprint density at radius 1 is 1.00 bits per heavy atom. The van der Waals surface area contributed by atoms with E-state index in [0.717, 1.165) is 21.3 Å². The monoisotopic (exact) mass is 465 g/mol. The van der Waals surface area contributed by atoms with Gasteiger partial charge in [-0.05, 0) is 58.7 Å². The average Bonchev–Trinajstić information content (AvgIpc) is 2.77. The van der Waals surface area contributed by atoms with Gasteiger partial charge in [-0.2, -0.15) is 0 Å². The fraction of sp³-hybridized carbons (Fsp3) is 0.400. The highest BCUT2D eigenvalue weighted by atomic mass is 16.2. The molecule has 3 rings (SSSR count). The molecule has 0 saturated carbocycles. The number of nitrogens with one attached hydrogen (secondary N) is 1. The number of hydrogen-bond acceptors (Lipinski definition) is 5. The standard InChI is InChI=1S/C25H31N5O4/c1-8-29(9-2)23(32)18-12-17(6)26-22-20(18)24(33)30(25(34)28(22)7)13-19(31)27-21-15(4)10-14(3)11-16(21)5/h10-12H,8-9,13H2,1-7H3,(H,27,31). The summed E-state index contributed by atoms with van der Waals surface area (Å²) in [5.41, 5.74) is 2.90. The van der Waals surface area contributed by atoms with Gasteiger partial charge in [0.15, 0.2) is 0 Å². The molecule has 0 fully saturated rings. The predicted molar refractivity (Wildman–Crippen MR) is 133 cm³/mol. The number of rotatable bonds is 6. The van der Waals surface area contributed by atoms with Gasteiger partial charge in [-0.15, -0.1) is 0 Å². The number of nitrogens with zero attached hydrogens (tertiary/aromatic N) is 4. The molecule has 0 aliphatic heterocycles. The maximum absolute atomic E-state index is 13.5. The fourth-order valence-corrected chi connectivity index (χ4v) is 4.29. The zero-order valence-electron chi connectivity index (χ0n) is 20.8. The minimum atomic E-state index is -0.714. The van der Waals surface area contributed by atoms with Crippen LogP contribution in [0.2, 0.25) is 0 Å². The maximum Gasteiger partial charge on any atom is 0.332 e. The summed E-state index contributed by atoms with van der Waals surface area (Å²) in [5.74, 6) is -0.830. The highest BCUT2D eigenvalue weighted by Crippen LogP contribution is 2.22. The molecular formula is C25H31N5O4. The average molecular weight is 466 g/mol. The lowest BCUT2D eigenvalue weighted by atomic mass is 10.1. The first-order valence-corrected chi connectivity index (χ1v) is 11.3. The Morgan fingerprint density at radius 2 is 1.59 bits per heavy atom. The van der Waals surface area contributed by atoms with Crippen molar-refractivity contribution in [2.75, 3.05) is 18.4 Å². The molecule has 0 atom stereocenters. The van der Waals surface area contributed by atoms with Crippen LogP contribution < -0.4 is 16.6 Å². The van der Waals surface area contributed by atoms with Gasteiger partial charge in [-0.1, -0.05) is 17.7 Å². The molecule has 9 heteroatoms. The minimum absolute atomic E-state index is 0.0279. The van der Waals surface area contributed by atoms with Crippen molar-refractivity contribution < 1.29 is 9.59 Å². The Labute approximate surface area is 198 Å². The molecule has 34 heavy (non-hydrogen) atoms. The van der Waals surface area contributed by atoms with Gasteiger partial charge in [-0.3, -0.25) is 23.5 Å². The second-order valence-electron chi connectivity index (χ2n) is 8.54. The van der Waals surface area contributed by atoms with E-state index in [0.29, 0.717) is 24.5 Å². The molecule has 2 amide bonds. The molecule has 9 nitrogen and oxygen atoms in total. The van der Waals surface area contributed by atoms with Crippen LogP contribution in [0.5, 0.6) is 0 Å². The van der Waals surface area contributed by atoms with Gasteiger partial charge in [0.1, 0.15) is 12.2 Å². The van der Waals surface area contributed by atoms with Crippen LogP contribution in [0.1, 0.15) is 46.6 Å². The number of carbonyl (C=O) groups is 2. The second kappa shape index (κ2) is 9.62. The predicted octanol–water partition coefficient (Wildman–Crippen LogP) is 2.45. The molecule has 0 spiro atoms. The summed E-state index contributed by atoms with van der Waals surface area (Å²) in [6, 6.07) is 5.45. The third-order valence-corrected chi connectivity index (χ3v) is 5.95. The van der Waals surface area contributed by atoms with Crippen LogP contribution in [0, 0.1) is 27.7 Å². The zero-order chi connectivity index (χ0) is 25.3. The van der Waals surface area contributed by atoms with Crippen LogP contribution in [0.15, 0.2) is 27.8 Å². The second-order valence-corrected chi connectivity index (χ2v) is 8.54. The molecule has 0 radical (unpaired) electrons. The lowest BCUT2D eigenvalue weighted by molar-refractivity contribution is -0.116. The molecule has 0 saturated heterocycles. The van der Waals surface area contributed by atoms with Crippen molar-refractivity contribution in [3.63, 3.8) is 0 Å². The lowest BCUT2D eigenvalue weighted by Crippen LogP contribution is -2.43. The number of amides is 2. The molecule has 1 aromatic carbocycles. The molecule has 2 aromatic heterocycles. The van der Waals surface area contributed by atoms with Crippen LogP contribution in [-0.4, -0.2) is 43.9 Å². The first-order chi connectivity index (χ1) is 16.0. The van der Waals surface area contributed by atoms with E-state index in [-0.39, 0.29) is 22.5 Å². The van der Waals surface area contributed by atoms with Gasteiger partial charge in [0.25, 0.3) is 11.5 Å².